The molecule has 3 N–H and O–H groups in total. The molecule has 0 aliphatic heterocycles. The molecule has 1 aromatic heterocycles. The van der Waals surface area contributed by atoms with Crippen LogP contribution in [0.25, 0.3) is 10.9 Å². The number of ether oxygens (including phenoxy) is 1. The molecule has 0 saturated carbocycles. The van der Waals surface area contributed by atoms with Crippen LogP contribution in [0, 0.1) is 25.7 Å². The zero-order valence-corrected chi connectivity index (χ0v) is 21.2. The zero-order valence-electron chi connectivity index (χ0n) is 21.2. The van der Waals surface area contributed by atoms with Gasteiger partial charge in [0.1, 0.15) is 5.75 Å². The number of aliphatic hydroxyl groups excluding tert-OH is 1. The number of benzene rings is 3. The first-order chi connectivity index (χ1) is 18.0. The Morgan fingerprint density at radius 3 is 2.55 bits per heavy atom. The lowest BCUT2D eigenvalue weighted by Crippen LogP contribution is -2.50. The van der Waals surface area contributed by atoms with Crippen molar-refractivity contribution in [2.75, 3.05) is 6.61 Å². The third kappa shape index (κ3) is 6.36. The number of carbonyl (C=O) groups excluding carboxylic acids is 1. The highest BCUT2D eigenvalue weighted by Gasteiger charge is 2.34. The topological polar surface area (TPSA) is 74.3 Å². The Labute approximate surface area is 218 Å². The van der Waals surface area contributed by atoms with E-state index in [9.17, 15) is 23.1 Å². The first kappa shape index (κ1) is 26.8. The fourth-order valence-corrected chi connectivity index (χ4v) is 4.19. The average molecular weight is 521 g/mol. The molecule has 196 valence electrons. The van der Waals surface area contributed by atoms with Crippen LogP contribution in [-0.2, 0) is 6.42 Å². The Hall–Kier alpha value is -4.22. The zero-order chi connectivity index (χ0) is 27.5. The molecule has 3 aromatic carbocycles. The number of alkyl halides is 3. The normalized spacial score (nSPS) is 12.9. The second-order valence-electron chi connectivity index (χ2n) is 9.54. The quantitative estimate of drug-likeness (QED) is 0.281. The van der Waals surface area contributed by atoms with E-state index in [1.54, 1.807) is 13.1 Å². The van der Waals surface area contributed by atoms with Crippen LogP contribution in [0.2, 0.25) is 0 Å². The highest BCUT2D eigenvalue weighted by atomic mass is 19.4. The molecular formula is C30H27F3N2O3. The molecule has 4 aromatic rings. The highest BCUT2D eigenvalue weighted by molar-refractivity contribution is 5.98. The van der Waals surface area contributed by atoms with Crippen molar-refractivity contribution in [3.63, 3.8) is 0 Å². The van der Waals surface area contributed by atoms with E-state index in [-0.39, 0.29) is 12.0 Å². The predicted molar refractivity (Wildman–Crippen MR) is 140 cm³/mol. The Morgan fingerprint density at radius 1 is 1.05 bits per heavy atom. The van der Waals surface area contributed by atoms with Gasteiger partial charge in [0.2, 0.25) is 0 Å². The minimum absolute atomic E-state index is 0.237. The number of amides is 1. The molecule has 0 radical (unpaired) electrons. The van der Waals surface area contributed by atoms with E-state index in [0.29, 0.717) is 5.56 Å². The van der Waals surface area contributed by atoms with Crippen LogP contribution in [0.3, 0.4) is 0 Å². The summed E-state index contributed by atoms with van der Waals surface area (Å²) in [4.78, 5) is 16.5. The third-order valence-corrected chi connectivity index (χ3v) is 6.20. The number of hydrogen-bond acceptors (Lipinski definition) is 3. The minimum atomic E-state index is -4.99. The number of aromatic nitrogens is 1. The van der Waals surface area contributed by atoms with E-state index in [1.165, 1.54) is 12.1 Å². The van der Waals surface area contributed by atoms with Crippen molar-refractivity contribution in [2.45, 2.75) is 39.1 Å². The molecule has 8 heteroatoms. The molecule has 5 nitrogen and oxygen atoms in total. The number of aliphatic hydroxyl groups is 1. The molecule has 1 unspecified atom stereocenters. The summed E-state index contributed by atoms with van der Waals surface area (Å²) < 4.78 is 43.5. The number of aromatic amines is 1. The average Bonchev–Trinajstić information content (AvgIpc) is 3.26. The fourth-order valence-electron chi connectivity index (χ4n) is 4.19. The van der Waals surface area contributed by atoms with Gasteiger partial charge >= 0.3 is 6.36 Å². The summed E-state index contributed by atoms with van der Waals surface area (Å²) in [6, 6.07) is 17.1. The molecule has 1 heterocycles. The van der Waals surface area contributed by atoms with Gasteiger partial charge in [-0.25, -0.2) is 0 Å². The van der Waals surface area contributed by atoms with Gasteiger partial charge in [0, 0.05) is 28.2 Å². The molecule has 1 atom stereocenters. The molecule has 4 rings (SSSR count). The summed E-state index contributed by atoms with van der Waals surface area (Å²) >= 11 is 0. The van der Waals surface area contributed by atoms with E-state index >= 15 is 0 Å². The van der Waals surface area contributed by atoms with Crippen molar-refractivity contribution in [2.24, 2.45) is 0 Å². The van der Waals surface area contributed by atoms with Crippen LogP contribution < -0.4 is 10.1 Å². The number of nitrogens with one attached hydrogen (secondary N) is 2. The van der Waals surface area contributed by atoms with Crippen molar-refractivity contribution in [3.05, 3.63) is 100 Å². The lowest BCUT2D eigenvalue weighted by molar-refractivity contribution is -0.274. The maximum Gasteiger partial charge on any atom is 0.573 e. The number of halogens is 3. The largest absolute Gasteiger partial charge is 0.573 e. The van der Waals surface area contributed by atoms with Gasteiger partial charge in [-0.3, -0.25) is 4.79 Å². The smallest absolute Gasteiger partial charge is 0.405 e. The van der Waals surface area contributed by atoms with Gasteiger partial charge in [0.05, 0.1) is 17.7 Å². The fraction of sp³-hybridized carbons (Fsp3) is 0.233. The number of para-hydroxylation sites is 1. The Bertz CT molecular complexity index is 1550. The van der Waals surface area contributed by atoms with Gasteiger partial charge in [-0.15, -0.1) is 13.2 Å². The van der Waals surface area contributed by atoms with E-state index in [1.807, 2.05) is 56.3 Å². The second kappa shape index (κ2) is 10.6. The first-order valence-electron chi connectivity index (χ1n) is 11.9. The lowest BCUT2D eigenvalue weighted by atomic mass is 9.92. The lowest BCUT2D eigenvalue weighted by Gasteiger charge is -2.29. The molecular weight excluding hydrogens is 493 g/mol. The SMILES string of the molecule is Cc1ccc(C)c(C#Cc2ccc(OC(F)(F)F)c(C(=O)NC(C)(CO)Cc3c[nH]c4ccccc34)c2)c1. The third-order valence-electron chi connectivity index (χ3n) is 6.20. The molecule has 38 heavy (non-hydrogen) atoms. The molecule has 0 fully saturated rings. The summed E-state index contributed by atoms with van der Waals surface area (Å²) in [5.74, 6) is 4.47. The van der Waals surface area contributed by atoms with Crippen LogP contribution >= 0.6 is 0 Å². The van der Waals surface area contributed by atoms with Crippen LogP contribution in [0.15, 0.2) is 66.9 Å². The molecule has 0 aliphatic rings. The van der Waals surface area contributed by atoms with E-state index in [0.717, 1.165) is 39.2 Å². The summed E-state index contributed by atoms with van der Waals surface area (Å²) in [6.07, 6.45) is -2.97. The number of fused-ring (bicyclic) bond motifs is 1. The number of aryl methyl sites for hydroxylation is 2. The Kier molecular flexibility index (Phi) is 7.51. The summed E-state index contributed by atoms with van der Waals surface area (Å²) in [5.41, 5.74) is 3.32. The summed E-state index contributed by atoms with van der Waals surface area (Å²) in [6.45, 7) is 5.03. The number of carbonyl (C=O) groups is 1. The van der Waals surface area contributed by atoms with Crippen LogP contribution in [-0.4, -0.2) is 34.5 Å². The minimum Gasteiger partial charge on any atom is -0.405 e. The van der Waals surface area contributed by atoms with E-state index in [4.69, 9.17) is 0 Å². The van der Waals surface area contributed by atoms with Crippen molar-refractivity contribution >= 4 is 16.8 Å². The van der Waals surface area contributed by atoms with Crippen LogP contribution in [0.4, 0.5) is 13.2 Å². The van der Waals surface area contributed by atoms with E-state index < -0.39 is 30.2 Å². The molecule has 0 bridgehead atoms. The Balaban J connectivity index is 1.66. The van der Waals surface area contributed by atoms with Crippen LogP contribution in [0.5, 0.6) is 5.75 Å². The van der Waals surface area contributed by atoms with E-state index in [2.05, 4.69) is 26.9 Å². The maximum absolute atomic E-state index is 13.3. The van der Waals surface area contributed by atoms with Gasteiger partial charge in [-0.1, -0.05) is 42.2 Å². The second-order valence-corrected chi connectivity index (χ2v) is 9.54. The monoisotopic (exact) mass is 520 g/mol. The maximum atomic E-state index is 13.3. The molecule has 1 amide bonds. The number of hydrogen-bond donors (Lipinski definition) is 3. The number of rotatable bonds is 6. The van der Waals surface area contributed by atoms with Crippen molar-refractivity contribution in [3.8, 4) is 17.6 Å². The van der Waals surface area contributed by atoms with Gasteiger partial charge in [-0.05, 0) is 74.2 Å². The highest BCUT2D eigenvalue weighted by Crippen LogP contribution is 2.29. The summed E-state index contributed by atoms with van der Waals surface area (Å²) in [7, 11) is 0. The van der Waals surface area contributed by atoms with Crippen molar-refractivity contribution in [1.29, 1.82) is 0 Å². The van der Waals surface area contributed by atoms with Crippen LogP contribution in [0.1, 0.15) is 45.1 Å². The van der Waals surface area contributed by atoms with Gasteiger partial charge in [0.25, 0.3) is 5.91 Å². The Morgan fingerprint density at radius 2 is 1.82 bits per heavy atom. The standard InChI is InChI=1S/C30H27F3N2O3/c1-19-8-9-20(2)22(14-19)12-10-21-11-13-27(38-30(31,32)33)25(15-21)28(37)35-29(3,18-36)16-23-17-34-26-7-5-4-6-24(23)26/h4-9,11,13-15,17,34,36H,16,18H2,1-3H3,(H,35,37). The van der Waals surface area contributed by atoms with Crippen molar-refractivity contribution < 1.29 is 27.8 Å². The predicted octanol–water partition coefficient (Wildman–Crippen LogP) is 5.81. The van der Waals surface area contributed by atoms with Gasteiger partial charge < -0.3 is 20.1 Å². The molecule has 0 aliphatic carbocycles. The molecule has 0 saturated heterocycles. The first-order valence-corrected chi connectivity index (χ1v) is 11.9. The number of H-pyrrole nitrogens is 1. The summed E-state index contributed by atoms with van der Waals surface area (Å²) in [5, 5.41) is 13.8. The van der Waals surface area contributed by atoms with Gasteiger partial charge in [-0.2, -0.15) is 0 Å². The molecule has 0 spiro atoms. The van der Waals surface area contributed by atoms with Crippen molar-refractivity contribution in [1.82, 2.24) is 10.3 Å². The van der Waals surface area contributed by atoms with Gasteiger partial charge in [0.15, 0.2) is 0 Å².